The predicted octanol–water partition coefficient (Wildman–Crippen LogP) is -2.01. The number of carbonyl (C=O) groups is 1. The Bertz CT molecular complexity index is 236. The summed E-state index contributed by atoms with van der Waals surface area (Å²) in [5.41, 5.74) is 5.05. The van der Waals surface area contributed by atoms with Gasteiger partial charge in [-0.2, -0.15) is 0 Å². The number of rotatable bonds is 2. The molecule has 12 heavy (non-hydrogen) atoms. The van der Waals surface area contributed by atoms with Crippen LogP contribution in [0.25, 0.3) is 0 Å². The third kappa shape index (κ3) is 1.21. The first-order chi connectivity index (χ1) is 5.57. The molecule has 2 unspecified atom stereocenters. The Labute approximate surface area is 67.9 Å². The van der Waals surface area contributed by atoms with Crippen LogP contribution >= 0.6 is 0 Å². The fourth-order valence-corrected chi connectivity index (χ4v) is 0.851. The average molecular weight is 175 g/mol. The Hall–Kier alpha value is -1.27. The SMILES string of the molecule is NC1=C(O)C(=O)C(C(O)CO)O1. The number of hydrogen-bond acceptors (Lipinski definition) is 6. The van der Waals surface area contributed by atoms with E-state index in [1.165, 1.54) is 0 Å². The second-order valence-corrected chi connectivity index (χ2v) is 2.37. The van der Waals surface area contributed by atoms with Crippen LogP contribution in [-0.4, -0.2) is 39.9 Å². The standard InChI is InChI=1S/C6H9NO5/c7-6-4(11)3(10)5(12-6)2(9)1-8/h2,5,8-9,11H,1,7H2. The first-order valence-corrected chi connectivity index (χ1v) is 3.26. The lowest BCUT2D eigenvalue weighted by Gasteiger charge is -2.13. The highest BCUT2D eigenvalue weighted by molar-refractivity contribution is 5.99. The van der Waals surface area contributed by atoms with E-state index in [4.69, 9.17) is 21.1 Å². The van der Waals surface area contributed by atoms with Crippen LogP contribution in [0.1, 0.15) is 0 Å². The number of aliphatic hydroxyl groups is 3. The zero-order valence-electron chi connectivity index (χ0n) is 6.10. The van der Waals surface area contributed by atoms with Crippen molar-refractivity contribution in [3.05, 3.63) is 11.6 Å². The molecule has 0 radical (unpaired) electrons. The second-order valence-electron chi connectivity index (χ2n) is 2.37. The average Bonchev–Trinajstić information content (AvgIpc) is 2.32. The minimum atomic E-state index is -1.36. The Morgan fingerprint density at radius 1 is 1.67 bits per heavy atom. The maximum atomic E-state index is 10.9. The van der Waals surface area contributed by atoms with Gasteiger partial charge >= 0.3 is 0 Å². The summed E-state index contributed by atoms with van der Waals surface area (Å²) in [7, 11) is 0. The van der Waals surface area contributed by atoms with E-state index in [9.17, 15) is 4.79 Å². The van der Waals surface area contributed by atoms with E-state index < -0.39 is 36.2 Å². The van der Waals surface area contributed by atoms with Crippen LogP contribution in [0.4, 0.5) is 0 Å². The molecule has 68 valence electrons. The summed E-state index contributed by atoms with van der Waals surface area (Å²) in [6.07, 6.45) is -2.64. The molecule has 0 aromatic heterocycles. The molecule has 2 atom stereocenters. The van der Waals surface area contributed by atoms with Gasteiger partial charge in [0.1, 0.15) is 6.10 Å². The number of ketones is 1. The van der Waals surface area contributed by atoms with E-state index in [-0.39, 0.29) is 0 Å². The molecule has 0 fully saturated rings. The quantitative estimate of drug-likeness (QED) is 0.386. The molecule has 0 saturated carbocycles. The molecule has 0 aliphatic carbocycles. The number of carbonyl (C=O) groups excluding carboxylic acids is 1. The van der Waals surface area contributed by atoms with Gasteiger partial charge in [-0.15, -0.1) is 0 Å². The van der Waals surface area contributed by atoms with Gasteiger partial charge in [0, 0.05) is 0 Å². The maximum absolute atomic E-state index is 10.9. The summed E-state index contributed by atoms with van der Waals surface area (Å²) in [6.45, 7) is -0.628. The number of aliphatic hydroxyl groups excluding tert-OH is 3. The molecule has 0 aromatic carbocycles. The van der Waals surface area contributed by atoms with Crippen molar-refractivity contribution >= 4 is 5.78 Å². The first-order valence-electron chi connectivity index (χ1n) is 3.26. The summed E-state index contributed by atoms with van der Waals surface area (Å²) in [4.78, 5) is 10.9. The van der Waals surface area contributed by atoms with Gasteiger partial charge < -0.3 is 25.8 Å². The summed E-state index contributed by atoms with van der Waals surface area (Å²) < 4.78 is 4.59. The monoisotopic (exact) mass is 175 g/mol. The predicted molar refractivity (Wildman–Crippen MR) is 36.8 cm³/mol. The van der Waals surface area contributed by atoms with Crippen molar-refractivity contribution in [2.24, 2.45) is 5.73 Å². The van der Waals surface area contributed by atoms with Crippen LogP contribution < -0.4 is 5.73 Å². The summed E-state index contributed by atoms with van der Waals surface area (Å²) >= 11 is 0. The van der Waals surface area contributed by atoms with E-state index in [2.05, 4.69) is 4.74 Å². The maximum Gasteiger partial charge on any atom is 0.245 e. The van der Waals surface area contributed by atoms with Gasteiger partial charge in [-0.05, 0) is 0 Å². The molecule has 6 heteroatoms. The summed E-state index contributed by atoms with van der Waals surface area (Å²) in [5, 5.41) is 26.3. The van der Waals surface area contributed by atoms with Crippen molar-refractivity contribution < 1.29 is 24.9 Å². The van der Waals surface area contributed by atoms with Gasteiger partial charge in [0.2, 0.25) is 17.4 Å². The molecular formula is C6H9NO5. The van der Waals surface area contributed by atoms with E-state index in [1.54, 1.807) is 0 Å². The highest BCUT2D eigenvalue weighted by Crippen LogP contribution is 2.18. The van der Waals surface area contributed by atoms with Gasteiger partial charge in [-0.25, -0.2) is 0 Å². The zero-order valence-corrected chi connectivity index (χ0v) is 6.10. The van der Waals surface area contributed by atoms with Crippen LogP contribution in [-0.2, 0) is 9.53 Å². The molecule has 0 aromatic rings. The van der Waals surface area contributed by atoms with E-state index in [1.807, 2.05) is 0 Å². The molecule has 1 heterocycles. The van der Waals surface area contributed by atoms with Gasteiger partial charge in [-0.3, -0.25) is 4.79 Å². The molecule has 0 bridgehead atoms. The van der Waals surface area contributed by atoms with E-state index >= 15 is 0 Å². The number of ether oxygens (including phenoxy) is 1. The van der Waals surface area contributed by atoms with Crippen molar-refractivity contribution in [1.29, 1.82) is 0 Å². The van der Waals surface area contributed by atoms with Crippen molar-refractivity contribution in [1.82, 2.24) is 0 Å². The molecule has 1 aliphatic rings. The third-order valence-corrected chi connectivity index (χ3v) is 1.52. The smallest absolute Gasteiger partial charge is 0.245 e. The third-order valence-electron chi connectivity index (χ3n) is 1.52. The normalized spacial score (nSPS) is 25.8. The van der Waals surface area contributed by atoms with Gasteiger partial charge in [0.15, 0.2) is 6.10 Å². The van der Waals surface area contributed by atoms with Crippen LogP contribution in [0, 0.1) is 0 Å². The van der Waals surface area contributed by atoms with Gasteiger partial charge in [0.25, 0.3) is 0 Å². The molecular weight excluding hydrogens is 166 g/mol. The second kappa shape index (κ2) is 3.00. The Kier molecular flexibility index (Phi) is 2.20. The lowest BCUT2D eigenvalue weighted by molar-refractivity contribution is -0.129. The lowest BCUT2D eigenvalue weighted by atomic mass is 10.1. The Morgan fingerprint density at radius 2 is 2.25 bits per heavy atom. The first kappa shape index (κ1) is 8.82. The zero-order chi connectivity index (χ0) is 9.30. The molecule has 5 N–H and O–H groups in total. The Balaban J connectivity index is 2.73. The minimum absolute atomic E-state index is 0.419. The largest absolute Gasteiger partial charge is 0.501 e. The van der Waals surface area contributed by atoms with Crippen LogP contribution in [0.5, 0.6) is 0 Å². The highest BCUT2D eigenvalue weighted by Gasteiger charge is 2.38. The number of Topliss-reactive ketones (excluding diaryl/α,β-unsaturated/α-hetero) is 1. The topological polar surface area (TPSA) is 113 Å². The minimum Gasteiger partial charge on any atom is -0.501 e. The molecule has 0 spiro atoms. The van der Waals surface area contributed by atoms with Crippen molar-refractivity contribution in [3.63, 3.8) is 0 Å². The van der Waals surface area contributed by atoms with Crippen LogP contribution in [0.15, 0.2) is 11.6 Å². The summed E-state index contributed by atoms with van der Waals surface area (Å²) in [6, 6.07) is 0. The number of nitrogens with two attached hydrogens (primary N) is 1. The lowest BCUT2D eigenvalue weighted by Crippen LogP contribution is -2.35. The molecule has 1 rings (SSSR count). The fraction of sp³-hybridized carbons (Fsp3) is 0.500. The van der Waals surface area contributed by atoms with Crippen molar-refractivity contribution in [3.8, 4) is 0 Å². The van der Waals surface area contributed by atoms with E-state index in [0.717, 1.165) is 0 Å². The fourth-order valence-electron chi connectivity index (χ4n) is 0.851. The number of hydrogen-bond donors (Lipinski definition) is 4. The summed E-state index contributed by atoms with van der Waals surface area (Å²) in [5.74, 6) is -1.93. The Morgan fingerprint density at radius 3 is 2.58 bits per heavy atom. The van der Waals surface area contributed by atoms with Gasteiger partial charge in [-0.1, -0.05) is 0 Å². The van der Waals surface area contributed by atoms with Crippen LogP contribution in [0.2, 0.25) is 0 Å². The highest BCUT2D eigenvalue weighted by atomic mass is 16.5. The molecule has 0 amide bonds. The van der Waals surface area contributed by atoms with E-state index in [0.29, 0.717) is 0 Å². The molecule has 0 saturated heterocycles. The van der Waals surface area contributed by atoms with Crippen molar-refractivity contribution in [2.45, 2.75) is 12.2 Å². The molecule has 1 aliphatic heterocycles. The molecule has 6 nitrogen and oxygen atoms in total. The van der Waals surface area contributed by atoms with Crippen LogP contribution in [0.3, 0.4) is 0 Å². The van der Waals surface area contributed by atoms with Gasteiger partial charge in [0.05, 0.1) is 6.61 Å². The van der Waals surface area contributed by atoms with Crippen molar-refractivity contribution in [2.75, 3.05) is 6.61 Å².